The quantitative estimate of drug-likeness (QED) is 0.302. The van der Waals surface area contributed by atoms with Crippen LogP contribution >= 0.6 is 15.9 Å². The highest BCUT2D eigenvalue weighted by Crippen LogP contribution is 2.62. The number of esters is 2. The molecule has 9 nitrogen and oxygen atoms in total. The molecule has 3 N–H and O–H groups in total. The lowest BCUT2D eigenvalue weighted by Gasteiger charge is -2.49. The normalized spacial score (nSPS) is 41.8. The van der Waals surface area contributed by atoms with Gasteiger partial charge in [-0.3, -0.25) is 4.79 Å². The van der Waals surface area contributed by atoms with Crippen LogP contribution in [-0.4, -0.2) is 77.0 Å². The maximum absolute atomic E-state index is 14.0. The Morgan fingerprint density at radius 3 is 2.66 bits per heavy atom. The summed E-state index contributed by atoms with van der Waals surface area (Å²) in [5.41, 5.74) is -0.325. The molecule has 1 spiro atoms. The number of nitrogens with one attached hydrogen (secondary N) is 1. The number of aromatic nitrogens is 1. The van der Waals surface area contributed by atoms with E-state index < -0.39 is 77.7 Å². The first-order chi connectivity index (χ1) is 19.5. The van der Waals surface area contributed by atoms with Crippen LogP contribution in [0.4, 0.5) is 4.39 Å². The van der Waals surface area contributed by atoms with Crippen molar-refractivity contribution in [2.24, 2.45) is 35.5 Å². The summed E-state index contributed by atoms with van der Waals surface area (Å²) >= 11 is 3.06. The number of aliphatic hydroxyl groups excluding tert-OH is 2. The molecule has 1 saturated heterocycles. The van der Waals surface area contributed by atoms with Gasteiger partial charge < -0.3 is 34.1 Å². The van der Waals surface area contributed by atoms with Gasteiger partial charge >= 0.3 is 11.9 Å². The third kappa shape index (κ3) is 4.81. The molecule has 11 heteroatoms. The van der Waals surface area contributed by atoms with Crippen molar-refractivity contribution >= 4 is 27.9 Å². The number of cyclic esters (lactones) is 1. The first kappa shape index (κ1) is 30.4. The third-order valence-electron chi connectivity index (χ3n) is 9.63. The van der Waals surface area contributed by atoms with Crippen LogP contribution in [0.1, 0.15) is 51.0 Å². The monoisotopic (exact) mass is 639 g/mol. The standard InChI is InChI=1S/C30H39BrFNO8/c1-6-15-18-9-8-16-22-23(35)17(12-38-5)25(40-29(37)20-11-19(31)27(32)33-20)26(16)41-30(18,22)14(4)10-13(3)24(21(34)7-2)39-28(15)36/h8-11,13,15-18,21-26,33-35H,6-7,12H2,1-5H3/b14-10+/t13-,15-,16-,17-,18-,21-,22+,23-,24+,25-,26-,30+/m1/s1. The van der Waals surface area contributed by atoms with Gasteiger partial charge in [-0.2, -0.15) is 4.39 Å². The number of carbonyl (C=O) groups is 2. The zero-order chi connectivity index (χ0) is 29.8. The lowest BCUT2D eigenvalue weighted by Crippen LogP contribution is -2.59. The number of rotatable bonds is 7. The molecule has 0 unspecified atom stereocenters. The van der Waals surface area contributed by atoms with E-state index in [-0.39, 0.29) is 28.6 Å². The minimum atomic E-state index is -1.09. The van der Waals surface area contributed by atoms with Crippen molar-refractivity contribution in [3.05, 3.63) is 46.0 Å². The second-order valence-corrected chi connectivity index (χ2v) is 12.7. The van der Waals surface area contributed by atoms with Crippen molar-refractivity contribution in [1.82, 2.24) is 4.98 Å². The van der Waals surface area contributed by atoms with Crippen molar-refractivity contribution in [2.45, 2.75) is 76.7 Å². The molecule has 2 aliphatic heterocycles. The molecule has 41 heavy (non-hydrogen) atoms. The van der Waals surface area contributed by atoms with Gasteiger partial charge in [-0.25, -0.2) is 4.79 Å². The van der Waals surface area contributed by atoms with E-state index in [1.54, 1.807) is 0 Å². The molecule has 0 amide bonds. The summed E-state index contributed by atoms with van der Waals surface area (Å²) in [5.74, 6) is -4.68. The zero-order valence-electron chi connectivity index (χ0n) is 23.9. The van der Waals surface area contributed by atoms with Gasteiger partial charge in [0.15, 0.2) is 0 Å². The van der Waals surface area contributed by atoms with Crippen LogP contribution in [0.5, 0.6) is 0 Å². The Morgan fingerprint density at radius 1 is 1.32 bits per heavy atom. The van der Waals surface area contributed by atoms with Crippen molar-refractivity contribution in [1.29, 1.82) is 0 Å². The number of hydrogen-bond donors (Lipinski definition) is 3. The number of halogens is 2. The van der Waals surface area contributed by atoms with E-state index in [4.69, 9.17) is 18.9 Å². The molecule has 2 aliphatic carbocycles. The van der Waals surface area contributed by atoms with Gasteiger partial charge in [0.05, 0.1) is 29.2 Å². The molecule has 1 saturated carbocycles. The maximum atomic E-state index is 14.0. The maximum Gasteiger partial charge on any atom is 0.355 e. The van der Waals surface area contributed by atoms with Gasteiger partial charge in [0.25, 0.3) is 0 Å². The van der Waals surface area contributed by atoms with Gasteiger partial charge in [0.1, 0.15) is 29.6 Å². The molecule has 226 valence electrons. The molecular formula is C30H39BrFNO8. The molecule has 4 bridgehead atoms. The minimum Gasteiger partial charge on any atom is -0.459 e. The van der Waals surface area contributed by atoms with Crippen molar-refractivity contribution in [2.75, 3.05) is 13.7 Å². The smallest absolute Gasteiger partial charge is 0.355 e. The molecule has 5 rings (SSSR count). The van der Waals surface area contributed by atoms with Crippen LogP contribution in [0.25, 0.3) is 0 Å². The second kappa shape index (κ2) is 11.6. The van der Waals surface area contributed by atoms with E-state index in [9.17, 15) is 24.2 Å². The molecule has 0 aromatic carbocycles. The summed E-state index contributed by atoms with van der Waals surface area (Å²) in [4.78, 5) is 29.2. The largest absolute Gasteiger partial charge is 0.459 e. The number of hydrogen-bond acceptors (Lipinski definition) is 8. The SMILES string of the molecule is CC[C@@H](O)[C@H]1OC(=O)[C@H](CC)[C@H]2C=C[C@H]3[C@H]4O[C@]2(/C(C)=C/[C@H]1C)[C@@H]3[C@H](O)[C@@H](COC)[C@H]4OC(=O)c1cc(Br)c(F)[nH]1. The Labute approximate surface area is 247 Å². The van der Waals surface area contributed by atoms with E-state index >= 15 is 0 Å². The minimum absolute atomic E-state index is 0.0728. The Morgan fingerprint density at radius 2 is 2.05 bits per heavy atom. The van der Waals surface area contributed by atoms with Gasteiger partial charge in [0, 0.05) is 36.7 Å². The second-order valence-electron chi connectivity index (χ2n) is 11.8. The van der Waals surface area contributed by atoms with Gasteiger partial charge in [0.2, 0.25) is 5.95 Å². The third-order valence-corrected chi connectivity index (χ3v) is 10.2. The molecule has 0 radical (unpaired) electrons. The molecule has 4 aliphatic rings. The summed E-state index contributed by atoms with van der Waals surface area (Å²) < 4.78 is 38.5. The van der Waals surface area contributed by atoms with Crippen LogP contribution in [0.2, 0.25) is 0 Å². The lowest BCUT2D eigenvalue weighted by atomic mass is 9.56. The molecule has 1 aromatic rings. The Bertz CT molecular complexity index is 1210. The first-order valence-corrected chi connectivity index (χ1v) is 15.1. The highest BCUT2D eigenvalue weighted by molar-refractivity contribution is 9.10. The number of carbonyl (C=O) groups excluding carboxylic acids is 2. The highest BCUT2D eigenvalue weighted by atomic mass is 79.9. The average Bonchev–Trinajstić information content (AvgIpc) is 3.38. The Hall–Kier alpha value is -2.05. The summed E-state index contributed by atoms with van der Waals surface area (Å²) in [6.45, 7) is 7.69. The number of ether oxygens (including phenoxy) is 4. The van der Waals surface area contributed by atoms with Gasteiger partial charge in [-0.05, 0) is 47.3 Å². The number of aromatic amines is 1. The van der Waals surface area contributed by atoms with Crippen molar-refractivity contribution < 1.29 is 43.1 Å². The number of methoxy groups -OCH3 is 1. The van der Waals surface area contributed by atoms with E-state index in [1.807, 2.05) is 45.9 Å². The summed E-state index contributed by atoms with van der Waals surface area (Å²) in [6.07, 6.45) is 2.68. The first-order valence-electron chi connectivity index (χ1n) is 14.4. The van der Waals surface area contributed by atoms with Crippen LogP contribution in [-0.2, 0) is 23.7 Å². The highest BCUT2D eigenvalue weighted by Gasteiger charge is 2.70. The fraction of sp³-hybridized carbons (Fsp3) is 0.667. The molecule has 3 heterocycles. The van der Waals surface area contributed by atoms with E-state index in [2.05, 4.69) is 20.9 Å². The average molecular weight is 641 g/mol. The fourth-order valence-corrected chi connectivity index (χ4v) is 8.06. The summed E-state index contributed by atoms with van der Waals surface area (Å²) in [6, 6.07) is 1.30. The Kier molecular flexibility index (Phi) is 8.57. The predicted octanol–water partition coefficient (Wildman–Crippen LogP) is 3.94. The molecule has 1 aromatic heterocycles. The lowest BCUT2D eigenvalue weighted by molar-refractivity contribution is -0.168. The van der Waals surface area contributed by atoms with Crippen LogP contribution < -0.4 is 0 Å². The van der Waals surface area contributed by atoms with Crippen molar-refractivity contribution in [3.8, 4) is 0 Å². The zero-order valence-corrected chi connectivity index (χ0v) is 25.5. The topological polar surface area (TPSA) is 127 Å². The number of aliphatic hydroxyl groups is 2. The van der Waals surface area contributed by atoms with Gasteiger partial charge in [-0.15, -0.1) is 0 Å². The van der Waals surface area contributed by atoms with E-state index in [1.165, 1.54) is 13.2 Å². The fourth-order valence-electron chi connectivity index (χ4n) is 7.74. The van der Waals surface area contributed by atoms with Gasteiger partial charge in [-0.1, -0.05) is 39.0 Å². The summed E-state index contributed by atoms with van der Waals surface area (Å²) in [7, 11) is 1.51. The molecular weight excluding hydrogens is 601 g/mol. The van der Waals surface area contributed by atoms with E-state index in [0.717, 1.165) is 5.57 Å². The molecule has 12 atom stereocenters. The van der Waals surface area contributed by atoms with Crippen LogP contribution in [0, 0.1) is 41.5 Å². The molecule has 2 fully saturated rings. The van der Waals surface area contributed by atoms with Crippen molar-refractivity contribution in [3.63, 3.8) is 0 Å². The van der Waals surface area contributed by atoms with E-state index in [0.29, 0.717) is 12.8 Å². The van der Waals surface area contributed by atoms with Crippen LogP contribution in [0.3, 0.4) is 0 Å². The Balaban J connectivity index is 1.60. The summed E-state index contributed by atoms with van der Waals surface area (Å²) in [5, 5.41) is 22.8. The predicted molar refractivity (Wildman–Crippen MR) is 149 cm³/mol. The van der Waals surface area contributed by atoms with Crippen LogP contribution in [0.15, 0.2) is 34.3 Å². The number of H-pyrrole nitrogens is 1.